The molecule has 1 saturated heterocycles. The average Bonchev–Trinajstić information content (AvgIpc) is 3.06. The second-order valence-electron chi connectivity index (χ2n) is 9.26. The van der Waals surface area contributed by atoms with Gasteiger partial charge >= 0.3 is 6.09 Å². The third-order valence-electron chi connectivity index (χ3n) is 4.84. The van der Waals surface area contributed by atoms with Gasteiger partial charge in [0.1, 0.15) is 11.6 Å². The number of piperazine rings is 1. The van der Waals surface area contributed by atoms with Crippen LogP contribution in [-0.2, 0) is 21.4 Å². The van der Waals surface area contributed by atoms with Gasteiger partial charge in [0, 0.05) is 58.1 Å². The molecule has 3 amide bonds. The lowest BCUT2D eigenvalue weighted by Crippen LogP contribution is -2.54. The Morgan fingerprint density at radius 1 is 1.19 bits per heavy atom. The minimum absolute atomic E-state index is 0.0207. The summed E-state index contributed by atoms with van der Waals surface area (Å²) < 4.78 is 7.08. The first kappa shape index (κ1) is 24.6. The third kappa shape index (κ3) is 7.23. The van der Waals surface area contributed by atoms with Gasteiger partial charge in [0.25, 0.3) is 0 Å². The van der Waals surface area contributed by atoms with E-state index in [1.807, 2.05) is 18.7 Å². The van der Waals surface area contributed by atoms with E-state index < -0.39 is 17.7 Å². The molecule has 1 unspecified atom stereocenters. The summed E-state index contributed by atoms with van der Waals surface area (Å²) in [6, 6.07) is -0.738. The van der Waals surface area contributed by atoms with E-state index in [9.17, 15) is 14.4 Å². The highest BCUT2D eigenvalue weighted by Crippen LogP contribution is 2.24. The minimum Gasteiger partial charge on any atom is -0.444 e. The molecule has 10 nitrogen and oxygen atoms in total. The monoisotopic (exact) mass is 436 g/mol. The number of hydrogen-bond acceptors (Lipinski definition) is 6. The number of hydrogen-bond donors (Lipinski definition) is 1. The van der Waals surface area contributed by atoms with Crippen LogP contribution in [0.1, 0.15) is 46.2 Å². The van der Waals surface area contributed by atoms with E-state index in [1.54, 1.807) is 56.8 Å². The maximum atomic E-state index is 13.4. The fourth-order valence-electron chi connectivity index (χ4n) is 3.42. The molecule has 1 N–H and O–H groups in total. The van der Waals surface area contributed by atoms with E-state index in [4.69, 9.17) is 4.74 Å². The molecule has 1 aromatic rings. The third-order valence-corrected chi connectivity index (χ3v) is 4.84. The number of rotatable bonds is 6. The zero-order valence-electron chi connectivity index (χ0n) is 19.7. The zero-order chi connectivity index (χ0) is 23.3. The van der Waals surface area contributed by atoms with Gasteiger partial charge in [0.15, 0.2) is 0 Å². The quantitative estimate of drug-likeness (QED) is 0.714. The van der Waals surface area contributed by atoms with Crippen molar-refractivity contribution in [2.24, 2.45) is 7.05 Å². The Morgan fingerprint density at radius 3 is 2.29 bits per heavy atom. The summed E-state index contributed by atoms with van der Waals surface area (Å²) in [5, 5.41) is 7.05. The van der Waals surface area contributed by atoms with Crippen molar-refractivity contribution in [2.75, 3.05) is 39.8 Å². The Kier molecular flexibility index (Phi) is 8.05. The summed E-state index contributed by atoms with van der Waals surface area (Å²) in [6.07, 6.45) is 2.75. The van der Waals surface area contributed by atoms with Gasteiger partial charge in [-0.25, -0.2) is 4.79 Å². The van der Waals surface area contributed by atoms with E-state index >= 15 is 0 Å². The Balaban J connectivity index is 2.08. The number of nitrogens with zero attached hydrogens (tertiary/aromatic N) is 5. The molecule has 0 aliphatic carbocycles. The molecule has 2 rings (SSSR count). The molecule has 1 atom stereocenters. The SMILES string of the molecule is CC(C)NC(=O)CN1CCN(C(=O)C(c2cnn(C)c2)N(C)C(=O)OC(C)(C)C)CC1. The second kappa shape index (κ2) is 10.1. The van der Waals surface area contributed by atoms with Crippen molar-refractivity contribution in [3.63, 3.8) is 0 Å². The van der Waals surface area contributed by atoms with Crippen molar-refractivity contribution in [1.82, 2.24) is 29.8 Å². The summed E-state index contributed by atoms with van der Waals surface area (Å²) in [6.45, 7) is 11.7. The molecule has 31 heavy (non-hydrogen) atoms. The van der Waals surface area contributed by atoms with E-state index in [1.165, 1.54) is 4.90 Å². The highest BCUT2D eigenvalue weighted by Gasteiger charge is 2.36. The van der Waals surface area contributed by atoms with E-state index in [-0.39, 0.29) is 17.9 Å². The van der Waals surface area contributed by atoms with Crippen molar-refractivity contribution in [3.05, 3.63) is 18.0 Å². The lowest BCUT2D eigenvalue weighted by atomic mass is 10.1. The van der Waals surface area contributed by atoms with Gasteiger partial charge in [-0.2, -0.15) is 5.10 Å². The van der Waals surface area contributed by atoms with Crippen LogP contribution in [0.2, 0.25) is 0 Å². The zero-order valence-corrected chi connectivity index (χ0v) is 19.7. The molecule has 174 valence electrons. The highest BCUT2D eigenvalue weighted by molar-refractivity contribution is 5.87. The second-order valence-corrected chi connectivity index (χ2v) is 9.26. The molecule has 2 heterocycles. The standard InChI is InChI=1S/C21H36N6O4/c1-15(2)23-17(28)14-26-8-10-27(11-9-26)19(29)18(16-12-22-24(6)13-16)25(7)20(30)31-21(3,4)5/h12-13,15,18H,8-11,14H2,1-7H3,(H,23,28). The molecule has 10 heteroatoms. The number of aromatic nitrogens is 2. The summed E-state index contributed by atoms with van der Waals surface area (Å²) in [5.41, 5.74) is -0.0459. The van der Waals surface area contributed by atoms with E-state index in [0.29, 0.717) is 38.3 Å². The summed E-state index contributed by atoms with van der Waals surface area (Å²) in [5.74, 6) is -0.208. The first-order valence-electron chi connectivity index (χ1n) is 10.6. The van der Waals surface area contributed by atoms with Gasteiger partial charge < -0.3 is 15.0 Å². The van der Waals surface area contributed by atoms with E-state index in [0.717, 1.165) is 0 Å². The molecule has 1 fully saturated rings. The van der Waals surface area contributed by atoms with Crippen molar-refractivity contribution in [1.29, 1.82) is 0 Å². The Morgan fingerprint density at radius 2 is 1.81 bits per heavy atom. The Bertz CT molecular complexity index is 777. The summed E-state index contributed by atoms with van der Waals surface area (Å²) in [4.78, 5) is 43.2. The largest absolute Gasteiger partial charge is 0.444 e. The van der Waals surface area contributed by atoms with Gasteiger partial charge in [0.2, 0.25) is 11.8 Å². The van der Waals surface area contributed by atoms with Crippen molar-refractivity contribution < 1.29 is 19.1 Å². The molecular formula is C21H36N6O4. The van der Waals surface area contributed by atoms with Crippen LogP contribution in [0, 0.1) is 0 Å². The van der Waals surface area contributed by atoms with Gasteiger partial charge in [-0.3, -0.25) is 24.1 Å². The van der Waals surface area contributed by atoms with Crippen molar-refractivity contribution in [2.45, 2.75) is 52.3 Å². The number of carbonyl (C=O) groups is 3. The molecule has 0 spiro atoms. The molecule has 1 aliphatic rings. The highest BCUT2D eigenvalue weighted by atomic mass is 16.6. The Labute approximate surface area is 184 Å². The molecular weight excluding hydrogens is 400 g/mol. The van der Waals surface area contributed by atoms with Crippen LogP contribution < -0.4 is 5.32 Å². The van der Waals surface area contributed by atoms with Crippen LogP contribution in [0.5, 0.6) is 0 Å². The van der Waals surface area contributed by atoms with Crippen LogP contribution in [-0.4, -0.2) is 93.8 Å². The fourth-order valence-corrected chi connectivity index (χ4v) is 3.42. The van der Waals surface area contributed by atoms with Crippen molar-refractivity contribution >= 4 is 17.9 Å². The number of amides is 3. The molecule has 0 radical (unpaired) electrons. The molecule has 1 aliphatic heterocycles. The predicted octanol–water partition coefficient (Wildman–Crippen LogP) is 0.997. The first-order chi connectivity index (χ1) is 14.4. The summed E-state index contributed by atoms with van der Waals surface area (Å²) in [7, 11) is 3.33. The molecule has 0 saturated carbocycles. The van der Waals surface area contributed by atoms with Gasteiger partial charge in [0.05, 0.1) is 12.7 Å². The van der Waals surface area contributed by atoms with Gasteiger partial charge in [-0.1, -0.05) is 0 Å². The van der Waals surface area contributed by atoms with Crippen LogP contribution in [0.25, 0.3) is 0 Å². The van der Waals surface area contributed by atoms with Gasteiger partial charge in [-0.05, 0) is 34.6 Å². The molecule has 0 aromatic carbocycles. The summed E-state index contributed by atoms with van der Waals surface area (Å²) >= 11 is 0. The maximum Gasteiger partial charge on any atom is 0.410 e. The van der Waals surface area contributed by atoms with Crippen molar-refractivity contribution in [3.8, 4) is 0 Å². The van der Waals surface area contributed by atoms with Gasteiger partial charge in [-0.15, -0.1) is 0 Å². The lowest BCUT2D eigenvalue weighted by molar-refractivity contribution is -0.138. The number of ether oxygens (including phenoxy) is 1. The van der Waals surface area contributed by atoms with Crippen LogP contribution in [0.15, 0.2) is 12.4 Å². The predicted molar refractivity (Wildman–Crippen MR) is 116 cm³/mol. The number of carbonyl (C=O) groups excluding carboxylic acids is 3. The smallest absolute Gasteiger partial charge is 0.410 e. The van der Waals surface area contributed by atoms with Crippen LogP contribution in [0.4, 0.5) is 4.79 Å². The fraction of sp³-hybridized carbons (Fsp3) is 0.714. The lowest BCUT2D eigenvalue weighted by Gasteiger charge is -2.38. The van der Waals surface area contributed by atoms with Crippen LogP contribution in [0.3, 0.4) is 0 Å². The molecule has 1 aromatic heterocycles. The number of likely N-dealkylation sites (N-methyl/N-ethyl adjacent to an activating group) is 1. The van der Waals surface area contributed by atoms with E-state index in [2.05, 4.69) is 10.4 Å². The van der Waals surface area contributed by atoms with Crippen LogP contribution >= 0.6 is 0 Å². The Hall–Kier alpha value is -2.62. The number of aryl methyl sites for hydroxylation is 1. The topological polar surface area (TPSA) is 100 Å². The maximum absolute atomic E-state index is 13.4. The first-order valence-corrected chi connectivity index (χ1v) is 10.6. The average molecular weight is 437 g/mol. The minimum atomic E-state index is -0.834. The normalized spacial score (nSPS) is 16.2. The number of nitrogens with one attached hydrogen (secondary N) is 1. The molecule has 0 bridgehead atoms.